The maximum Gasteiger partial charge on any atom is 0.138 e. The van der Waals surface area contributed by atoms with Gasteiger partial charge in [0.15, 0.2) is 0 Å². The number of anilines is 1. The maximum atomic E-state index is 4.83. The minimum absolute atomic E-state index is 0.990. The summed E-state index contributed by atoms with van der Waals surface area (Å²) in [5, 5.41) is 0. The third-order valence-corrected chi connectivity index (χ3v) is 5.74. The normalized spacial score (nSPS) is 16.8. The average molecular weight is 435 g/mol. The van der Waals surface area contributed by atoms with E-state index in [4.69, 9.17) is 4.98 Å². The average Bonchev–Trinajstić information content (AvgIpc) is 3.45. The molecule has 0 unspecified atom stereocenters. The number of hydrogen-bond donors (Lipinski definition) is 0. The lowest BCUT2D eigenvalue weighted by atomic mass is 10.3. The highest BCUT2D eigenvalue weighted by Gasteiger charge is 2.18. The molecule has 3 aromatic rings. The first-order valence-corrected chi connectivity index (χ1v) is 11.7. The van der Waals surface area contributed by atoms with Gasteiger partial charge >= 0.3 is 0 Å². The molecular weight excluding hydrogens is 396 g/mol. The van der Waals surface area contributed by atoms with Crippen molar-refractivity contribution in [3.05, 3.63) is 72.8 Å². The SMILES string of the molecule is C=CC.CN1CCN(c2cccc3nc(CN4CCCC4)cn23)CC1.Cc1cccnc1. The van der Waals surface area contributed by atoms with Crippen LogP contribution >= 0.6 is 0 Å². The molecule has 0 aromatic carbocycles. The van der Waals surface area contributed by atoms with Crippen molar-refractivity contribution < 1.29 is 0 Å². The maximum absolute atomic E-state index is 4.83. The van der Waals surface area contributed by atoms with E-state index >= 15 is 0 Å². The van der Waals surface area contributed by atoms with Crippen LogP contribution in [0.15, 0.2) is 61.6 Å². The van der Waals surface area contributed by atoms with Crippen LogP contribution in [0, 0.1) is 6.92 Å². The van der Waals surface area contributed by atoms with E-state index in [1.165, 1.54) is 43.0 Å². The largest absolute Gasteiger partial charge is 0.355 e. The molecule has 5 rings (SSSR count). The highest BCUT2D eigenvalue weighted by atomic mass is 15.3. The molecule has 0 amide bonds. The lowest BCUT2D eigenvalue weighted by molar-refractivity contribution is 0.311. The molecule has 172 valence electrons. The number of likely N-dealkylation sites (tertiary alicyclic amines) is 1. The van der Waals surface area contributed by atoms with Gasteiger partial charge in [0.1, 0.15) is 11.5 Å². The molecule has 0 aliphatic carbocycles. The third-order valence-electron chi connectivity index (χ3n) is 5.74. The Morgan fingerprint density at radius 2 is 1.72 bits per heavy atom. The molecule has 6 heteroatoms. The Hall–Kier alpha value is -2.70. The molecule has 0 atom stereocenters. The first kappa shape index (κ1) is 24.0. The number of rotatable bonds is 3. The van der Waals surface area contributed by atoms with Crippen molar-refractivity contribution in [3.8, 4) is 0 Å². The first-order chi connectivity index (χ1) is 15.6. The third kappa shape index (κ3) is 6.90. The predicted molar refractivity (Wildman–Crippen MR) is 134 cm³/mol. The lowest BCUT2D eigenvalue weighted by Crippen LogP contribution is -2.45. The molecule has 2 aliphatic heterocycles. The van der Waals surface area contributed by atoms with E-state index in [0.717, 1.165) is 38.4 Å². The highest BCUT2D eigenvalue weighted by molar-refractivity contribution is 5.52. The van der Waals surface area contributed by atoms with E-state index < -0.39 is 0 Å². The van der Waals surface area contributed by atoms with Crippen molar-refractivity contribution in [2.75, 3.05) is 51.2 Å². The van der Waals surface area contributed by atoms with Gasteiger partial charge in [0, 0.05) is 51.3 Å². The molecule has 0 N–H and O–H groups in total. The summed E-state index contributed by atoms with van der Waals surface area (Å²) in [6, 6.07) is 10.4. The topological polar surface area (TPSA) is 39.9 Å². The van der Waals surface area contributed by atoms with Crippen LogP contribution < -0.4 is 4.90 Å². The van der Waals surface area contributed by atoms with Crippen molar-refractivity contribution in [1.82, 2.24) is 24.2 Å². The van der Waals surface area contributed by atoms with Crippen molar-refractivity contribution in [1.29, 1.82) is 0 Å². The Balaban J connectivity index is 0.000000242. The molecule has 2 fully saturated rings. The molecule has 0 bridgehead atoms. The zero-order valence-corrected chi connectivity index (χ0v) is 20.0. The van der Waals surface area contributed by atoms with Gasteiger partial charge in [0.25, 0.3) is 0 Å². The fourth-order valence-corrected chi connectivity index (χ4v) is 4.03. The monoisotopic (exact) mass is 434 g/mol. The molecular formula is C26H38N6. The van der Waals surface area contributed by atoms with Gasteiger partial charge in [0.2, 0.25) is 0 Å². The van der Waals surface area contributed by atoms with Crippen LogP contribution in [0.3, 0.4) is 0 Å². The minimum atomic E-state index is 0.990. The van der Waals surface area contributed by atoms with Gasteiger partial charge in [-0.25, -0.2) is 4.98 Å². The van der Waals surface area contributed by atoms with Gasteiger partial charge < -0.3 is 9.80 Å². The summed E-state index contributed by atoms with van der Waals surface area (Å²) < 4.78 is 2.27. The standard InChI is InChI=1S/C17H25N5.C6H7N.C3H6/c1-19-9-11-21(12-10-19)17-6-4-5-16-18-15(14-22(16)17)13-20-7-2-3-8-20;1-6-3-2-4-7-5-6;1-3-2/h4-6,14H,2-3,7-13H2,1H3;2-5H,1H3;3H,1H2,2H3. The summed E-state index contributed by atoms with van der Waals surface area (Å²) >= 11 is 0. The van der Waals surface area contributed by atoms with E-state index in [2.05, 4.69) is 62.1 Å². The van der Waals surface area contributed by atoms with E-state index in [9.17, 15) is 0 Å². The van der Waals surface area contributed by atoms with Crippen LogP contribution in [0.1, 0.15) is 31.0 Å². The molecule has 0 saturated carbocycles. The Morgan fingerprint density at radius 3 is 2.31 bits per heavy atom. The molecule has 0 spiro atoms. The smallest absolute Gasteiger partial charge is 0.138 e. The lowest BCUT2D eigenvalue weighted by Gasteiger charge is -2.34. The van der Waals surface area contributed by atoms with Crippen LogP contribution in [0.25, 0.3) is 5.65 Å². The zero-order valence-electron chi connectivity index (χ0n) is 20.0. The quantitative estimate of drug-likeness (QED) is 0.576. The van der Waals surface area contributed by atoms with Crippen molar-refractivity contribution in [2.45, 2.75) is 33.2 Å². The van der Waals surface area contributed by atoms with Gasteiger partial charge in [-0.1, -0.05) is 18.2 Å². The Kier molecular flexibility index (Phi) is 9.26. The summed E-state index contributed by atoms with van der Waals surface area (Å²) in [6.45, 7) is 15.1. The second kappa shape index (κ2) is 12.4. The van der Waals surface area contributed by atoms with Crippen LogP contribution in [-0.2, 0) is 6.54 Å². The number of hydrogen-bond acceptors (Lipinski definition) is 5. The molecule has 32 heavy (non-hydrogen) atoms. The molecule has 0 radical (unpaired) electrons. The van der Waals surface area contributed by atoms with E-state index in [0.29, 0.717) is 0 Å². The number of aromatic nitrogens is 3. The highest BCUT2D eigenvalue weighted by Crippen LogP contribution is 2.20. The summed E-state index contributed by atoms with van der Waals surface area (Å²) in [6.07, 6.45) is 10.3. The summed E-state index contributed by atoms with van der Waals surface area (Å²) in [5.74, 6) is 1.28. The number of piperazine rings is 1. The number of likely N-dealkylation sites (N-methyl/N-ethyl adjacent to an activating group) is 1. The molecule has 3 aromatic heterocycles. The minimum Gasteiger partial charge on any atom is -0.355 e. The Labute approximate surface area is 193 Å². The van der Waals surface area contributed by atoms with Gasteiger partial charge in [0.05, 0.1) is 5.69 Å². The van der Waals surface area contributed by atoms with Crippen LogP contribution in [0.2, 0.25) is 0 Å². The number of nitrogens with zero attached hydrogens (tertiary/aromatic N) is 6. The van der Waals surface area contributed by atoms with Crippen molar-refractivity contribution in [3.63, 3.8) is 0 Å². The van der Waals surface area contributed by atoms with Crippen molar-refractivity contribution >= 4 is 11.5 Å². The number of pyridine rings is 2. The van der Waals surface area contributed by atoms with E-state index in [1.807, 2.05) is 32.2 Å². The molecule has 6 nitrogen and oxygen atoms in total. The number of fused-ring (bicyclic) bond motifs is 1. The van der Waals surface area contributed by atoms with Gasteiger partial charge in [-0.05, 0) is 70.6 Å². The van der Waals surface area contributed by atoms with E-state index in [-0.39, 0.29) is 0 Å². The summed E-state index contributed by atoms with van der Waals surface area (Å²) in [4.78, 5) is 16.1. The van der Waals surface area contributed by atoms with Gasteiger partial charge in [-0.15, -0.1) is 6.58 Å². The van der Waals surface area contributed by atoms with Crippen molar-refractivity contribution in [2.24, 2.45) is 0 Å². The Morgan fingerprint density at radius 1 is 1.00 bits per heavy atom. The Bertz CT molecular complexity index is 937. The zero-order chi connectivity index (χ0) is 22.8. The molecule has 2 saturated heterocycles. The fourth-order valence-electron chi connectivity index (χ4n) is 4.03. The number of imidazole rings is 1. The fraction of sp³-hybridized carbons (Fsp3) is 0.462. The van der Waals surface area contributed by atoms with Gasteiger partial charge in [-0.3, -0.25) is 14.3 Å². The van der Waals surface area contributed by atoms with Crippen LogP contribution in [0.5, 0.6) is 0 Å². The second-order valence-electron chi connectivity index (χ2n) is 8.56. The summed E-state index contributed by atoms with van der Waals surface area (Å²) in [7, 11) is 2.20. The summed E-state index contributed by atoms with van der Waals surface area (Å²) in [5.41, 5.74) is 3.48. The number of allylic oxidation sites excluding steroid dienone is 1. The van der Waals surface area contributed by atoms with E-state index in [1.54, 1.807) is 12.3 Å². The predicted octanol–water partition coefficient (Wildman–Crippen LogP) is 4.26. The van der Waals surface area contributed by atoms with Crippen LogP contribution in [0.4, 0.5) is 5.82 Å². The molecule has 5 heterocycles. The first-order valence-electron chi connectivity index (χ1n) is 11.7. The molecule has 2 aliphatic rings. The second-order valence-corrected chi connectivity index (χ2v) is 8.56. The number of aryl methyl sites for hydroxylation is 1. The van der Waals surface area contributed by atoms with Gasteiger partial charge in [-0.2, -0.15) is 0 Å². The van der Waals surface area contributed by atoms with Crippen LogP contribution in [-0.4, -0.2) is 70.5 Å².